The molecule has 0 spiro atoms. The van der Waals surface area contributed by atoms with Crippen molar-refractivity contribution in [2.24, 2.45) is 0 Å². The fraction of sp³-hybridized carbons (Fsp3) is 0.286. The predicted molar refractivity (Wildman–Crippen MR) is 155 cm³/mol. The Kier molecular flexibility index (Phi) is 13.3. The minimum absolute atomic E-state index is 0.182. The molecule has 2 N–H and O–H groups in total. The number of carbonyl (C=O) groups excluding carboxylic acids is 2. The topological polar surface area (TPSA) is 58.2 Å². The number of nitrogens with one attached hydrogen (secondary N) is 2. The van der Waals surface area contributed by atoms with Crippen LogP contribution in [0.1, 0.15) is 41.5 Å². The van der Waals surface area contributed by atoms with Crippen LogP contribution >= 0.6 is 0 Å². The molecule has 0 saturated heterocycles. The summed E-state index contributed by atoms with van der Waals surface area (Å²) < 4.78 is 4.55. The molecule has 0 aliphatic carbocycles. The van der Waals surface area contributed by atoms with Gasteiger partial charge in [0.15, 0.2) is 0 Å². The molecule has 35 heavy (non-hydrogen) atoms. The molecular weight excluding hydrogens is 582 g/mol. The average Bonchev–Trinajstić information content (AvgIpc) is 2.74. The molecule has 0 bridgehead atoms. The van der Waals surface area contributed by atoms with Crippen molar-refractivity contribution < 1.29 is 9.59 Å². The molecule has 0 unspecified atom stereocenters. The van der Waals surface area contributed by atoms with Gasteiger partial charge in [-0.3, -0.25) is 0 Å². The van der Waals surface area contributed by atoms with Gasteiger partial charge in [0.1, 0.15) is 0 Å². The maximum atomic E-state index is 10.2. The Morgan fingerprint density at radius 1 is 0.543 bits per heavy atom. The van der Waals surface area contributed by atoms with E-state index >= 15 is 0 Å². The molecule has 3 aromatic carbocycles. The van der Waals surface area contributed by atoms with E-state index in [1.807, 2.05) is 41.5 Å². The van der Waals surface area contributed by atoms with Gasteiger partial charge in [-0.2, -0.15) is 0 Å². The standard InChI is InChI=1S/3C6H5.2C5H11NOS.Sb/c3*1-2-4-6-5-3-1;2*1-5(2,3)6-4(7)8;/h3*1-5H;2*1-3H3,(H2,6,7,8);/p-2. The van der Waals surface area contributed by atoms with E-state index in [4.69, 9.17) is 0 Å². The van der Waals surface area contributed by atoms with Crippen LogP contribution in [-0.2, 0) is 25.3 Å². The van der Waals surface area contributed by atoms with E-state index in [0.717, 1.165) is 0 Å². The van der Waals surface area contributed by atoms with Gasteiger partial charge in [0.05, 0.1) is 10.5 Å². The molecule has 4 nitrogen and oxygen atoms in total. The third-order valence-corrected chi connectivity index (χ3v) is 11.2. The molecule has 0 atom stereocenters. The van der Waals surface area contributed by atoms with Gasteiger partial charge >= 0.3 is 122 Å². The molecule has 0 radical (unpaired) electrons. The van der Waals surface area contributed by atoms with Crippen LogP contribution in [0.15, 0.2) is 91.0 Å². The van der Waals surface area contributed by atoms with Gasteiger partial charge in [-0.25, -0.2) is 0 Å². The van der Waals surface area contributed by atoms with Crippen LogP contribution in [0.4, 0.5) is 9.59 Å². The monoisotopic (exact) mass is 616 g/mol. The third kappa shape index (κ3) is 14.8. The number of amides is 2. The Balaban J connectivity index is 0.000000320. The Bertz CT molecular complexity index is 900. The van der Waals surface area contributed by atoms with E-state index in [1.54, 1.807) is 0 Å². The van der Waals surface area contributed by atoms with Gasteiger partial charge < -0.3 is 45.5 Å². The number of benzene rings is 3. The van der Waals surface area contributed by atoms with Crippen molar-refractivity contribution in [3.63, 3.8) is 0 Å². The second-order valence-corrected chi connectivity index (χ2v) is 16.7. The van der Waals surface area contributed by atoms with Gasteiger partial charge in [-0.05, 0) is 41.5 Å². The molecule has 3 rings (SSSR count). The van der Waals surface area contributed by atoms with Crippen molar-refractivity contribution in [1.29, 1.82) is 0 Å². The summed E-state index contributed by atoms with van der Waals surface area (Å²) >= 11 is 6.73. The molecule has 0 aromatic heterocycles. The molecular formula is C28H35N2O2S2Sb-2. The Hall–Kier alpha value is -2.14. The Morgan fingerprint density at radius 3 is 0.914 bits per heavy atom. The molecule has 188 valence electrons. The summed E-state index contributed by atoms with van der Waals surface area (Å²) in [6.07, 6.45) is 0. The van der Waals surface area contributed by atoms with Gasteiger partial charge in [0.2, 0.25) is 0 Å². The summed E-state index contributed by atoms with van der Waals surface area (Å²) in [5.41, 5.74) is -0.363. The summed E-state index contributed by atoms with van der Waals surface area (Å²) in [5.74, 6) is 0. The zero-order valence-corrected chi connectivity index (χ0v) is 25.4. The number of rotatable bonds is 3. The van der Waals surface area contributed by atoms with E-state index in [1.165, 1.54) is 10.5 Å². The quantitative estimate of drug-likeness (QED) is 0.341. The normalized spacial score (nSPS) is 10.7. The predicted octanol–water partition coefficient (Wildman–Crippen LogP) is 4.29. The van der Waals surface area contributed by atoms with Crippen molar-refractivity contribution >= 4 is 66.5 Å². The number of hydrogen-bond acceptors (Lipinski definition) is 4. The number of hydrogen-bond donors (Lipinski definition) is 2. The van der Waals surface area contributed by atoms with Crippen LogP contribution in [0.2, 0.25) is 0 Å². The Morgan fingerprint density at radius 2 is 0.771 bits per heavy atom. The first-order valence-corrected chi connectivity index (χ1v) is 15.9. The van der Waals surface area contributed by atoms with Crippen LogP contribution in [0, 0.1) is 0 Å². The molecule has 0 heterocycles. The fourth-order valence-corrected chi connectivity index (χ4v) is 9.98. The van der Waals surface area contributed by atoms with Crippen LogP contribution in [-0.4, -0.2) is 41.8 Å². The van der Waals surface area contributed by atoms with Crippen molar-refractivity contribution in [2.45, 2.75) is 52.6 Å². The van der Waals surface area contributed by atoms with Gasteiger partial charge in [-0.15, -0.1) is 0 Å². The summed E-state index contributed by atoms with van der Waals surface area (Å²) in [6.45, 7) is 11.3. The van der Waals surface area contributed by atoms with Crippen molar-refractivity contribution in [3.8, 4) is 0 Å². The van der Waals surface area contributed by atoms with E-state index < -0.39 is 30.7 Å². The molecule has 0 aliphatic rings. The first-order chi connectivity index (χ1) is 16.3. The van der Waals surface area contributed by atoms with Crippen molar-refractivity contribution in [2.75, 3.05) is 0 Å². The van der Waals surface area contributed by atoms with Crippen LogP contribution in [0.5, 0.6) is 0 Å². The van der Waals surface area contributed by atoms with E-state index in [-0.39, 0.29) is 11.1 Å². The molecule has 3 aromatic rings. The van der Waals surface area contributed by atoms with Crippen LogP contribution in [0.3, 0.4) is 0 Å². The molecule has 0 fully saturated rings. The second-order valence-electron chi connectivity index (χ2n) is 9.67. The zero-order chi connectivity index (χ0) is 26.5. The van der Waals surface area contributed by atoms with E-state index in [0.29, 0.717) is 0 Å². The summed E-state index contributed by atoms with van der Waals surface area (Å²) in [5, 5.41) is 4.33. The minimum atomic E-state index is -1.83. The van der Waals surface area contributed by atoms with Gasteiger partial charge in [0.25, 0.3) is 0 Å². The van der Waals surface area contributed by atoms with Gasteiger partial charge in [0, 0.05) is 11.1 Å². The van der Waals surface area contributed by atoms with Crippen LogP contribution in [0.25, 0.3) is 0 Å². The molecule has 0 aliphatic heterocycles. The van der Waals surface area contributed by atoms with Crippen molar-refractivity contribution in [1.82, 2.24) is 10.6 Å². The van der Waals surface area contributed by atoms with Crippen LogP contribution < -0.4 is 21.2 Å². The second kappa shape index (κ2) is 15.1. The first-order valence-electron chi connectivity index (χ1n) is 11.2. The fourth-order valence-electron chi connectivity index (χ4n) is 2.79. The van der Waals surface area contributed by atoms with E-state index in [2.05, 4.69) is 127 Å². The SMILES string of the molecule is CC(C)(C)NC(=O)[S-].CC(C)(C)NC(=O)[S-].c1cc[c]([Sb]([c]2ccccc2)[c]2ccccc2)cc1. The molecule has 7 heteroatoms. The maximum absolute atomic E-state index is 10.2. The van der Waals surface area contributed by atoms with Crippen molar-refractivity contribution in [3.05, 3.63) is 91.0 Å². The first kappa shape index (κ1) is 30.9. The summed E-state index contributed by atoms with van der Waals surface area (Å²) in [7, 11) is 0. The molecule has 0 saturated carbocycles. The third-order valence-electron chi connectivity index (χ3n) is 4.00. The average molecular weight is 617 g/mol. The number of carbonyl (C=O) groups is 2. The van der Waals surface area contributed by atoms with Gasteiger partial charge in [-0.1, -0.05) is 0 Å². The summed E-state index contributed by atoms with van der Waals surface area (Å²) in [6, 6.07) is 32.9. The Labute approximate surface area is 229 Å². The van der Waals surface area contributed by atoms with E-state index in [9.17, 15) is 9.59 Å². The summed E-state index contributed by atoms with van der Waals surface area (Å²) in [4.78, 5) is 20.3. The molecule has 2 amide bonds. The zero-order valence-electron chi connectivity index (χ0n) is 21.2.